The average Bonchev–Trinajstić information content (AvgIpc) is 3.37. The Hall–Kier alpha value is -3.59. The van der Waals surface area contributed by atoms with Gasteiger partial charge >= 0.3 is 16.1 Å². The summed E-state index contributed by atoms with van der Waals surface area (Å²) in [7, 11) is -4.29. The third-order valence-electron chi connectivity index (χ3n) is 5.34. The zero-order valence-electron chi connectivity index (χ0n) is 20.7. The Morgan fingerprint density at radius 1 is 0.972 bits per heavy atom. The zero-order chi connectivity index (χ0) is 26.1. The van der Waals surface area contributed by atoms with Gasteiger partial charge in [0.15, 0.2) is 0 Å². The molecule has 0 N–H and O–H groups in total. The zero-order valence-corrected chi connectivity index (χ0v) is 21.5. The van der Waals surface area contributed by atoms with Gasteiger partial charge in [-0.15, -0.1) is 0 Å². The molecule has 2 aromatic carbocycles. The summed E-state index contributed by atoms with van der Waals surface area (Å²) in [6.07, 6.45) is 3.09. The van der Waals surface area contributed by atoms with E-state index in [4.69, 9.17) is 13.3 Å². The smallest absolute Gasteiger partial charge is 0.340 e. The van der Waals surface area contributed by atoms with Crippen LogP contribution in [0.25, 0.3) is 0 Å². The molecule has 1 heterocycles. The first-order valence-electron chi connectivity index (χ1n) is 11.8. The Balaban J connectivity index is 1.74. The van der Waals surface area contributed by atoms with Gasteiger partial charge in [0.25, 0.3) is 0 Å². The van der Waals surface area contributed by atoms with Crippen molar-refractivity contribution < 1.29 is 31.3 Å². The van der Waals surface area contributed by atoms with Gasteiger partial charge in [-0.3, -0.25) is 4.79 Å². The van der Waals surface area contributed by atoms with Gasteiger partial charge in [0.1, 0.15) is 16.4 Å². The van der Waals surface area contributed by atoms with Crippen molar-refractivity contribution >= 4 is 22.0 Å². The van der Waals surface area contributed by atoms with Crippen molar-refractivity contribution in [3.05, 3.63) is 83.8 Å². The summed E-state index contributed by atoms with van der Waals surface area (Å²) in [4.78, 5) is 26.5. The molecule has 0 aliphatic heterocycles. The van der Waals surface area contributed by atoms with Crippen LogP contribution in [0.15, 0.2) is 76.2 Å². The predicted octanol–water partition coefficient (Wildman–Crippen LogP) is 5.19. The van der Waals surface area contributed by atoms with Gasteiger partial charge in [-0.05, 0) is 48.4 Å². The Morgan fingerprint density at radius 2 is 1.69 bits per heavy atom. The van der Waals surface area contributed by atoms with Crippen LogP contribution in [0.4, 0.5) is 0 Å². The van der Waals surface area contributed by atoms with E-state index in [1.54, 1.807) is 41.5 Å². The number of unbranched alkanes of at least 4 members (excludes halogenated alkanes) is 1. The Kier molecular flexibility index (Phi) is 9.30. The first-order valence-corrected chi connectivity index (χ1v) is 13.2. The van der Waals surface area contributed by atoms with Crippen LogP contribution in [-0.4, -0.2) is 31.8 Å². The summed E-state index contributed by atoms with van der Waals surface area (Å²) < 4.78 is 41.8. The topological polar surface area (TPSA) is 103 Å². The van der Waals surface area contributed by atoms with Gasteiger partial charge in [0, 0.05) is 12.5 Å². The number of furan rings is 1. The number of hydrogen-bond donors (Lipinski definition) is 0. The Labute approximate surface area is 211 Å². The number of rotatable bonds is 12. The van der Waals surface area contributed by atoms with Gasteiger partial charge in [-0.2, -0.15) is 8.42 Å². The molecule has 0 aliphatic rings. The monoisotopic (exact) mass is 513 g/mol. The summed E-state index contributed by atoms with van der Waals surface area (Å²) in [5.74, 6) is -0.186. The standard InChI is InChI=1S/C27H31NO7S/c1-4-5-16-34-27(30)24-10-6-7-11-25(24)36(31,32)35-22-14-12-21(13-15-22)18-28(26(29)20(2)3)19-23-9-8-17-33-23/h6-15,17,20H,4-5,16,18-19H2,1-3H3. The molecule has 8 nitrogen and oxygen atoms in total. The molecule has 36 heavy (non-hydrogen) atoms. The summed E-state index contributed by atoms with van der Waals surface area (Å²) in [6.45, 7) is 6.47. The van der Waals surface area contributed by atoms with Crippen molar-refractivity contribution in [1.82, 2.24) is 4.90 Å². The van der Waals surface area contributed by atoms with Crippen LogP contribution in [0.2, 0.25) is 0 Å². The second-order valence-corrected chi connectivity index (χ2v) is 10.1. The molecule has 0 bridgehead atoms. The molecular weight excluding hydrogens is 482 g/mol. The molecule has 0 aliphatic carbocycles. The Morgan fingerprint density at radius 3 is 2.33 bits per heavy atom. The normalized spacial score (nSPS) is 11.3. The van der Waals surface area contributed by atoms with E-state index in [9.17, 15) is 18.0 Å². The molecule has 3 rings (SSSR count). The number of carbonyl (C=O) groups is 2. The maximum absolute atomic E-state index is 13.0. The maximum Gasteiger partial charge on any atom is 0.340 e. The van der Waals surface area contributed by atoms with Crippen molar-refractivity contribution in [1.29, 1.82) is 0 Å². The number of nitrogens with zero attached hydrogens (tertiary/aromatic N) is 1. The molecule has 3 aromatic rings. The van der Waals surface area contributed by atoms with E-state index < -0.39 is 16.1 Å². The highest BCUT2D eigenvalue weighted by molar-refractivity contribution is 7.87. The first kappa shape index (κ1) is 27.0. The second-order valence-electron chi connectivity index (χ2n) is 8.60. The van der Waals surface area contributed by atoms with E-state index >= 15 is 0 Å². The number of esters is 1. The molecule has 0 saturated heterocycles. The van der Waals surface area contributed by atoms with E-state index in [0.717, 1.165) is 12.0 Å². The summed E-state index contributed by atoms with van der Waals surface area (Å²) >= 11 is 0. The molecule has 1 aromatic heterocycles. The van der Waals surface area contributed by atoms with Crippen molar-refractivity contribution in [3.63, 3.8) is 0 Å². The van der Waals surface area contributed by atoms with Crippen molar-refractivity contribution in [2.75, 3.05) is 6.61 Å². The molecule has 0 unspecified atom stereocenters. The van der Waals surface area contributed by atoms with Crippen LogP contribution in [0.3, 0.4) is 0 Å². The van der Waals surface area contributed by atoms with Crippen LogP contribution in [0.1, 0.15) is 55.3 Å². The molecule has 0 fully saturated rings. The third-order valence-corrected chi connectivity index (χ3v) is 6.65. The van der Waals surface area contributed by atoms with Crippen molar-refractivity contribution in [2.24, 2.45) is 5.92 Å². The van der Waals surface area contributed by atoms with E-state index in [-0.39, 0.29) is 34.6 Å². The molecule has 0 spiro atoms. The minimum Gasteiger partial charge on any atom is -0.467 e. The SMILES string of the molecule is CCCCOC(=O)c1ccccc1S(=O)(=O)Oc1ccc(CN(Cc2ccco2)C(=O)C(C)C)cc1. The predicted molar refractivity (Wildman–Crippen MR) is 134 cm³/mol. The van der Waals surface area contributed by atoms with Gasteiger partial charge < -0.3 is 18.2 Å². The van der Waals surface area contributed by atoms with Crippen LogP contribution in [0, 0.1) is 5.92 Å². The maximum atomic E-state index is 13.0. The first-order chi connectivity index (χ1) is 17.2. The average molecular weight is 514 g/mol. The van der Waals surface area contributed by atoms with Gasteiger partial charge in [0.2, 0.25) is 5.91 Å². The van der Waals surface area contributed by atoms with Gasteiger partial charge in [-0.25, -0.2) is 4.79 Å². The van der Waals surface area contributed by atoms with Gasteiger partial charge in [-0.1, -0.05) is 51.5 Å². The number of carbonyl (C=O) groups excluding carboxylic acids is 2. The highest BCUT2D eigenvalue weighted by Gasteiger charge is 2.25. The van der Waals surface area contributed by atoms with Crippen LogP contribution in [0.5, 0.6) is 5.75 Å². The highest BCUT2D eigenvalue weighted by Crippen LogP contribution is 2.24. The van der Waals surface area contributed by atoms with E-state index in [1.807, 2.05) is 20.8 Å². The summed E-state index contributed by atoms with van der Waals surface area (Å²) in [5.41, 5.74) is 0.714. The van der Waals surface area contributed by atoms with Crippen LogP contribution < -0.4 is 4.18 Å². The summed E-state index contributed by atoms with van der Waals surface area (Å²) in [5, 5.41) is 0. The lowest BCUT2D eigenvalue weighted by Gasteiger charge is -2.24. The molecule has 1 amide bonds. The largest absolute Gasteiger partial charge is 0.467 e. The quantitative estimate of drug-likeness (QED) is 0.187. The molecule has 0 radical (unpaired) electrons. The fraction of sp³-hybridized carbons (Fsp3) is 0.333. The van der Waals surface area contributed by atoms with Crippen molar-refractivity contribution in [2.45, 2.75) is 51.6 Å². The van der Waals surface area contributed by atoms with Crippen LogP contribution >= 0.6 is 0 Å². The lowest BCUT2D eigenvalue weighted by Crippen LogP contribution is -2.33. The Bertz CT molecular complexity index is 1250. The molecule has 192 valence electrons. The van der Waals surface area contributed by atoms with E-state index in [0.29, 0.717) is 25.3 Å². The van der Waals surface area contributed by atoms with E-state index in [2.05, 4.69) is 0 Å². The molecule has 9 heteroatoms. The lowest BCUT2D eigenvalue weighted by atomic mass is 10.1. The fourth-order valence-electron chi connectivity index (χ4n) is 3.45. The second kappa shape index (κ2) is 12.4. The summed E-state index contributed by atoms with van der Waals surface area (Å²) in [6, 6.07) is 15.8. The minimum atomic E-state index is -4.29. The highest BCUT2D eigenvalue weighted by atomic mass is 32.2. The number of amides is 1. The lowest BCUT2D eigenvalue weighted by molar-refractivity contribution is -0.136. The van der Waals surface area contributed by atoms with E-state index in [1.165, 1.54) is 30.3 Å². The van der Waals surface area contributed by atoms with Crippen LogP contribution in [-0.2, 0) is 32.7 Å². The minimum absolute atomic E-state index is 0.0308. The molecule has 0 atom stereocenters. The number of benzene rings is 2. The van der Waals surface area contributed by atoms with Gasteiger partial charge in [0.05, 0.1) is 25.0 Å². The molecular formula is C27H31NO7S. The fourth-order valence-corrected chi connectivity index (χ4v) is 4.57. The number of hydrogen-bond acceptors (Lipinski definition) is 7. The van der Waals surface area contributed by atoms with Crippen molar-refractivity contribution in [3.8, 4) is 5.75 Å². The number of ether oxygens (including phenoxy) is 1. The molecule has 0 saturated carbocycles. The third kappa shape index (κ3) is 7.21.